The number of ether oxygens (including phenoxy) is 1. The maximum absolute atomic E-state index is 12.5. The molecule has 0 saturated carbocycles. The molecule has 1 amide bonds. The van der Waals surface area contributed by atoms with Crippen LogP contribution in [0.5, 0.6) is 5.75 Å². The molecule has 0 spiro atoms. The number of nitrogens with one attached hydrogen (secondary N) is 1. The fourth-order valence-electron chi connectivity index (χ4n) is 2.21. The summed E-state index contributed by atoms with van der Waals surface area (Å²) >= 11 is 1.63. The molecule has 1 saturated heterocycles. The van der Waals surface area contributed by atoms with Crippen LogP contribution in [0.15, 0.2) is 24.3 Å². The van der Waals surface area contributed by atoms with Crippen molar-refractivity contribution in [1.82, 2.24) is 10.2 Å². The van der Waals surface area contributed by atoms with E-state index in [0.29, 0.717) is 5.75 Å². The van der Waals surface area contributed by atoms with Gasteiger partial charge in [0.05, 0.1) is 11.6 Å². The molecule has 9 heteroatoms. The molecule has 1 fully saturated rings. The second-order valence-electron chi connectivity index (χ2n) is 5.48. The number of rotatable bonds is 6. The van der Waals surface area contributed by atoms with Gasteiger partial charge in [-0.3, -0.25) is 10.1 Å². The van der Waals surface area contributed by atoms with Gasteiger partial charge in [0.2, 0.25) is 5.91 Å². The molecule has 134 valence electrons. The Hall–Kier alpha value is -1.45. The summed E-state index contributed by atoms with van der Waals surface area (Å²) in [7, 11) is 1.59. The van der Waals surface area contributed by atoms with Gasteiger partial charge in [-0.2, -0.15) is 13.2 Å². The summed E-state index contributed by atoms with van der Waals surface area (Å²) in [5, 5.41) is 13.0. The number of benzene rings is 1. The largest absolute Gasteiger partial charge is 0.491 e. The molecule has 2 rings (SSSR count). The minimum atomic E-state index is -4.40. The quantitative estimate of drug-likeness (QED) is 0.802. The summed E-state index contributed by atoms with van der Waals surface area (Å²) in [5.41, 5.74) is -0.761. The van der Waals surface area contributed by atoms with Gasteiger partial charge in [0.25, 0.3) is 0 Å². The fraction of sp³-hybridized carbons (Fsp3) is 0.533. The van der Waals surface area contributed by atoms with Gasteiger partial charge >= 0.3 is 6.18 Å². The topological polar surface area (TPSA) is 61.8 Å². The summed E-state index contributed by atoms with van der Waals surface area (Å²) in [4.78, 5) is 13.5. The molecule has 5 nitrogen and oxygen atoms in total. The molecule has 2 atom stereocenters. The Morgan fingerprint density at radius 1 is 1.46 bits per heavy atom. The van der Waals surface area contributed by atoms with Gasteiger partial charge in [-0.25, -0.2) is 0 Å². The number of hydrogen-bond donors (Lipinski definition) is 2. The Kier molecular flexibility index (Phi) is 6.36. The van der Waals surface area contributed by atoms with Crippen molar-refractivity contribution in [3.63, 3.8) is 0 Å². The van der Waals surface area contributed by atoms with Crippen LogP contribution in [0.3, 0.4) is 0 Å². The van der Waals surface area contributed by atoms with Gasteiger partial charge in [-0.1, -0.05) is 0 Å². The molecule has 1 aliphatic rings. The number of halogens is 3. The molecule has 1 heterocycles. The van der Waals surface area contributed by atoms with E-state index in [2.05, 4.69) is 5.32 Å². The number of likely N-dealkylation sites (N-methyl/N-ethyl adjacent to an activating group) is 1. The third-order valence-electron chi connectivity index (χ3n) is 3.50. The molecule has 24 heavy (non-hydrogen) atoms. The van der Waals surface area contributed by atoms with E-state index in [1.54, 1.807) is 18.8 Å². The van der Waals surface area contributed by atoms with Crippen molar-refractivity contribution in [2.75, 3.05) is 31.8 Å². The minimum Gasteiger partial charge on any atom is -0.491 e. The molecular formula is C15H19F3N2O3S. The number of alkyl halides is 3. The lowest BCUT2D eigenvalue weighted by atomic mass is 10.2. The maximum Gasteiger partial charge on any atom is 0.416 e. The van der Waals surface area contributed by atoms with Crippen LogP contribution in [-0.2, 0) is 11.0 Å². The summed E-state index contributed by atoms with van der Waals surface area (Å²) < 4.78 is 42.6. The van der Waals surface area contributed by atoms with Crippen LogP contribution in [0.1, 0.15) is 5.56 Å². The summed E-state index contributed by atoms with van der Waals surface area (Å²) in [5.74, 6) is 1.55. The normalized spacial score (nSPS) is 19.1. The van der Waals surface area contributed by atoms with Crippen LogP contribution in [-0.4, -0.2) is 59.9 Å². The first-order chi connectivity index (χ1) is 11.3. The van der Waals surface area contributed by atoms with Gasteiger partial charge in [0.1, 0.15) is 18.5 Å². The van der Waals surface area contributed by atoms with Crippen LogP contribution in [0.25, 0.3) is 0 Å². The third kappa shape index (κ3) is 5.29. The Morgan fingerprint density at radius 3 is 2.67 bits per heavy atom. The number of aliphatic hydroxyl groups is 1. The molecule has 0 aromatic heterocycles. The van der Waals surface area contributed by atoms with Crippen LogP contribution in [0.4, 0.5) is 13.2 Å². The zero-order valence-electron chi connectivity index (χ0n) is 13.0. The Labute approximate surface area is 142 Å². The maximum atomic E-state index is 12.5. The number of aliphatic hydroxyl groups excluding tert-OH is 1. The number of carbonyl (C=O) groups excluding carboxylic acids is 1. The van der Waals surface area contributed by atoms with Crippen LogP contribution < -0.4 is 10.1 Å². The molecule has 1 aromatic rings. The van der Waals surface area contributed by atoms with Crippen molar-refractivity contribution in [2.45, 2.75) is 18.3 Å². The highest BCUT2D eigenvalue weighted by atomic mass is 32.2. The highest BCUT2D eigenvalue weighted by Gasteiger charge is 2.30. The number of hydrogen-bond acceptors (Lipinski definition) is 5. The van der Waals surface area contributed by atoms with Crippen molar-refractivity contribution < 1.29 is 27.8 Å². The van der Waals surface area contributed by atoms with E-state index in [4.69, 9.17) is 4.74 Å². The first-order valence-electron chi connectivity index (χ1n) is 7.31. The van der Waals surface area contributed by atoms with Gasteiger partial charge in [0, 0.05) is 25.2 Å². The van der Waals surface area contributed by atoms with E-state index in [0.717, 1.165) is 18.0 Å². The van der Waals surface area contributed by atoms with Crippen molar-refractivity contribution in [3.8, 4) is 5.75 Å². The van der Waals surface area contributed by atoms with Crippen molar-refractivity contribution in [1.29, 1.82) is 0 Å². The molecular weight excluding hydrogens is 345 g/mol. The average Bonchev–Trinajstić information content (AvgIpc) is 3.06. The summed E-state index contributed by atoms with van der Waals surface area (Å²) in [6, 6.07) is 3.98. The lowest BCUT2D eigenvalue weighted by Crippen LogP contribution is -2.46. The van der Waals surface area contributed by atoms with Crippen molar-refractivity contribution in [3.05, 3.63) is 29.8 Å². The molecule has 1 aromatic carbocycles. The van der Waals surface area contributed by atoms with E-state index in [-0.39, 0.29) is 30.9 Å². The van der Waals surface area contributed by atoms with Crippen molar-refractivity contribution in [2.24, 2.45) is 0 Å². The van der Waals surface area contributed by atoms with Crippen LogP contribution in [0, 0.1) is 0 Å². The van der Waals surface area contributed by atoms with Gasteiger partial charge in [-0.05, 0) is 24.3 Å². The number of thioether (sulfide) groups is 1. The molecule has 0 bridgehead atoms. The summed E-state index contributed by atoms with van der Waals surface area (Å²) in [6.07, 6.45) is -5.33. The second-order valence-corrected chi connectivity index (χ2v) is 6.51. The molecule has 0 aliphatic carbocycles. The molecule has 1 aliphatic heterocycles. The standard InChI is InChI=1S/C15H19F3N2O3S/c1-20(14(22)13-8-24-9-19-13)6-11(21)7-23-12-4-2-10(3-5-12)15(16,17)18/h2-5,11,13,19,21H,6-9H2,1H3/t11-,13-/m1/s1. The smallest absolute Gasteiger partial charge is 0.416 e. The first kappa shape index (κ1) is 18.9. The average molecular weight is 364 g/mol. The Bertz CT molecular complexity index is 548. The number of carbonyl (C=O) groups is 1. The zero-order chi connectivity index (χ0) is 17.7. The monoisotopic (exact) mass is 364 g/mol. The van der Waals surface area contributed by atoms with Gasteiger partial charge < -0.3 is 14.7 Å². The van der Waals surface area contributed by atoms with E-state index >= 15 is 0 Å². The molecule has 2 N–H and O–H groups in total. The Morgan fingerprint density at radius 2 is 2.12 bits per heavy atom. The van der Waals surface area contributed by atoms with E-state index < -0.39 is 17.8 Å². The zero-order valence-corrected chi connectivity index (χ0v) is 13.9. The predicted molar refractivity (Wildman–Crippen MR) is 84.8 cm³/mol. The van der Waals surface area contributed by atoms with Crippen LogP contribution in [0.2, 0.25) is 0 Å². The van der Waals surface area contributed by atoms with E-state index in [1.165, 1.54) is 17.0 Å². The lowest BCUT2D eigenvalue weighted by molar-refractivity contribution is -0.137. The number of nitrogens with zero attached hydrogens (tertiary/aromatic N) is 1. The third-order valence-corrected chi connectivity index (χ3v) is 4.44. The van der Waals surface area contributed by atoms with Crippen molar-refractivity contribution >= 4 is 17.7 Å². The second kappa shape index (κ2) is 8.09. The highest BCUT2D eigenvalue weighted by Crippen LogP contribution is 2.30. The van der Waals surface area contributed by atoms with E-state index in [9.17, 15) is 23.1 Å². The Balaban J connectivity index is 1.78. The molecule has 0 radical (unpaired) electrons. The van der Waals surface area contributed by atoms with Crippen LogP contribution >= 0.6 is 11.8 Å². The first-order valence-corrected chi connectivity index (χ1v) is 8.47. The molecule has 0 unspecified atom stereocenters. The van der Waals surface area contributed by atoms with Gasteiger partial charge in [0.15, 0.2) is 0 Å². The fourth-order valence-corrected chi connectivity index (χ4v) is 3.14. The summed E-state index contributed by atoms with van der Waals surface area (Å²) in [6.45, 7) is -0.0296. The highest BCUT2D eigenvalue weighted by molar-refractivity contribution is 7.99. The van der Waals surface area contributed by atoms with Gasteiger partial charge in [-0.15, -0.1) is 11.8 Å². The predicted octanol–water partition coefficient (Wildman–Crippen LogP) is 1.57. The lowest BCUT2D eigenvalue weighted by Gasteiger charge is -2.23. The number of amides is 1. The minimum absolute atomic E-state index is 0.0856. The SMILES string of the molecule is CN(C[C@@H](O)COc1ccc(C(F)(F)F)cc1)C(=O)[C@H]1CSCN1. The van der Waals surface area contributed by atoms with E-state index in [1.807, 2.05) is 0 Å².